The molecule has 0 spiro atoms. The molecule has 0 aliphatic rings. The third kappa shape index (κ3) is 2.27. The summed E-state index contributed by atoms with van der Waals surface area (Å²) in [6.07, 6.45) is 0. The van der Waals surface area contributed by atoms with Crippen molar-refractivity contribution < 1.29 is 0 Å². The molecule has 0 unspecified atom stereocenters. The number of fused-ring (bicyclic) bond motifs is 1. The van der Waals surface area contributed by atoms with E-state index in [1.54, 1.807) is 4.68 Å². The lowest BCUT2D eigenvalue weighted by Gasteiger charge is -2.08. The number of benzene rings is 2. The number of aryl methyl sites for hydroxylation is 1. The van der Waals surface area contributed by atoms with Crippen LogP contribution in [-0.2, 0) is 13.1 Å². The highest BCUT2D eigenvalue weighted by atomic mass is 15.6. The second-order valence-electron chi connectivity index (χ2n) is 4.31. The average Bonchev–Trinajstić information content (AvgIpc) is 2.92. The first kappa shape index (κ1) is 11.6. The van der Waals surface area contributed by atoms with Crippen molar-refractivity contribution in [3.8, 4) is 0 Å². The lowest BCUT2D eigenvalue weighted by molar-refractivity contribution is 0.629. The summed E-state index contributed by atoms with van der Waals surface area (Å²) in [5, 5.41) is 17.3. The van der Waals surface area contributed by atoms with Crippen LogP contribution in [0, 0.1) is 0 Å². The summed E-state index contributed by atoms with van der Waals surface area (Å²) in [7, 11) is 0. The Morgan fingerprint density at radius 1 is 1.11 bits per heavy atom. The molecule has 0 atom stereocenters. The Hall–Kier alpha value is -2.43. The van der Waals surface area contributed by atoms with Crippen molar-refractivity contribution in [2.24, 2.45) is 0 Å². The number of hydrogen-bond acceptors (Lipinski definition) is 4. The summed E-state index contributed by atoms with van der Waals surface area (Å²) < 4.78 is 1.74. The molecule has 3 aromatic rings. The van der Waals surface area contributed by atoms with Gasteiger partial charge in [-0.25, -0.2) is 4.68 Å². The van der Waals surface area contributed by atoms with E-state index in [9.17, 15) is 0 Å². The first-order valence-corrected chi connectivity index (χ1v) is 6.35. The van der Waals surface area contributed by atoms with Gasteiger partial charge in [-0.1, -0.05) is 47.6 Å². The van der Waals surface area contributed by atoms with Gasteiger partial charge in [0.25, 0.3) is 0 Å². The predicted molar refractivity (Wildman–Crippen MR) is 74.8 cm³/mol. The van der Waals surface area contributed by atoms with Crippen molar-refractivity contribution in [1.82, 2.24) is 20.2 Å². The fraction of sp³-hybridized carbons (Fsp3) is 0.214. The molecule has 0 aliphatic heterocycles. The van der Waals surface area contributed by atoms with Crippen molar-refractivity contribution >= 4 is 16.7 Å². The Morgan fingerprint density at radius 3 is 2.84 bits per heavy atom. The summed E-state index contributed by atoms with van der Waals surface area (Å²) in [6, 6.07) is 14.7. The number of nitrogens with one attached hydrogen (secondary N) is 1. The van der Waals surface area contributed by atoms with E-state index in [2.05, 4.69) is 63.3 Å². The Kier molecular flexibility index (Phi) is 3.10. The quantitative estimate of drug-likeness (QED) is 0.776. The SMILES string of the molecule is CCn1nnnc1NCc1cccc2ccccc12. The van der Waals surface area contributed by atoms with E-state index in [0.717, 1.165) is 6.54 Å². The van der Waals surface area contributed by atoms with Crippen LogP contribution in [0.25, 0.3) is 10.8 Å². The van der Waals surface area contributed by atoms with Gasteiger partial charge >= 0.3 is 0 Å². The fourth-order valence-corrected chi connectivity index (χ4v) is 2.17. The number of hydrogen-bond donors (Lipinski definition) is 1. The maximum atomic E-state index is 3.97. The topological polar surface area (TPSA) is 55.6 Å². The highest BCUT2D eigenvalue weighted by Crippen LogP contribution is 2.19. The van der Waals surface area contributed by atoms with Crippen LogP contribution in [0.5, 0.6) is 0 Å². The Morgan fingerprint density at radius 2 is 1.95 bits per heavy atom. The van der Waals surface area contributed by atoms with Gasteiger partial charge in [0, 0.05) is 13.1 Å². The van der Waals surface area contributed by atoms with Gasteiger partial charge in [0.15, 0.2) is 0 Å². The zero-order valence-electron chi connectivity index (χ0n) is 10.7. The minimum Gasteiger partial charge on any atom is -0.349 e. The van der Waals surface area contributed by atoms with E-state index in [0.29, 0.717) is 12.5 Å². The molecule has 3 rings (SSSR count). The molecule has 0 radical (unpaired) electrons. The molecule has 0 amide bonds. The molecule has 5 heteroatoms. The predicted octanol–water partition coefficient (Wildman–Crippen LogP) is 2.46. The summed E-state index contributed by atoms with van der Waals surface area (Å²) in [5.74, 6) is 0.704. The molecule has 0 saturated carbocycles. The van der Waals surface area contributed by atoms with Crippen LogP contribution in [-0.4, -0.2) is 20.2 Å². The van der Waals surface area contributed by atoms with Gasteiger partial charge in [-0.3, -0.25) is 0 Å². The number of rotatable bonds is 4. The number of nitrogens with zero attached hydrogens (tertiary/aromatic N) is 4. The Balaban J connectivity index is 1.86. The summed E-state index contributed by atoms with van der Waals surface area (Å²) in [5.41, 5.74) is 1.24. The van der Waals surface area contributed by atoms with Gasteiger partial charge in [-0.15, -0.1) is 0 Å². The van der Waals surface area contributed by atoms with E-state index in [-0.39, 0.29) is 0 Å². The molecular formula is C14H15N5. The highest BCUT2D eigenvalue weighted by molar-refractivity contribution is 5.85. The first-order chi connectivity index (χ1) is 9.38. The summed E-state index contributed by atoms with van der Waals surface area (Å²) in [4.78, 5) is 0. The smallest absolute Gasteiger partial charge is 0.243 e. The van der Waals surface area contributed by atoms with Crippen LogP contribution >= 0.6 is 0 Å². The molecule has 1 heterocycles. The average molecular weight is 253 g/mol. The Labute approximate surface area is 111 Å². The van der Waals surface area contributed by atoms with Crippen LogP contribution in [0.2, 0.25) is 0 Å². The van der Waals surface area contributed by atoms with Crippen LogP contribution in [0.3, 0.4) is 0 Å². The van der Waals surface area contributed by atoms with Crippen LogP contribution < -0.4 is 5.32 Å². The molecule has 0 aliphatic carbocycles. The molecule has 19 heavy (non-hydrogen) atoms. The monoisotopic (exact) mass is 253 g/mol. The number of aromatic nitrogens is 4. The zero-order valence-corrected chi connectivity index (χ0v) is 10.7. The van der Waals surface area contributed by atoms with Gasteiger partial charge in [0.1, 0.15) is 0 Å². The largest absolute Gasteiger partial charge is 0.349 e. The third-order valence-corrected chi connectivity index (χ3v) is 3.15. The van der Waals surface area contributed by atoms with E-state index < -0.39 is 0 Å². The molecule has 5 nitrogen and oxygen atoms in total. The Bertz CT molecular complexity index is 684. The third-order valence-electron chi connectivity index (χ3n) is 3.15. The molecule has 2 aromatic carbocycles. The van der Waals surface area contributed by atoms with E-state index in [4.69, 9.17) is 0 Å². The maximum Gasteiger partial charge on any atom is 0.243 e. The van der Waals surface area contributed by atoms with Gasteiger partial charge in [0.2, 0.25) is 5.95 Å². The van der Waals surface area contributed by atoms with Crippen molar-refractivity contribution in [2.75, 3.05) is 5.32 Å². The molecule has 1 aromatic heterocycles. The van der Waals surface area contributed by atoms with E-state index in [1.165, 1.54) is 16.3 Å². The zero-order chi connectivity index (χ0) is 13.1. The van der Waals surface area contributed by atoms with Gasteiger partial charge in [-0.2, -0.15) is 0 Å². The standard InChI is InChI=1S/C14H15N5/c1-2-19-14(16-17-18-19)15-10-12-8-5-7-11-6-3-4-9-13(11)12/h3-9H,2,10H2,1H3,(H,15,16,18). The molecular weight excluding hydrogens is 238 g/mol. The molecule has 1 N–H and O–H groups in total. The second-order valence-corrected chi connectivity index (χ2v) is 4.31. The minimum absolute atomic E-state index is 0.704. The fourth-order valence-electron chi connectivity index (χ4n) is 2.17. The van der Waals surface area contributed by atoms with Crippen molar-refractivity contribution in [3.63, 3.8) is 0 Å². The first-order valence-electron chi connectivity index (χ1n) is 6.35. The van der Waals surface area contributed by atoms with E-state index >= 15 is 0 Å². The lowest BCUT2D eigenvalue weighted by Crippen LogP contribution is -2.08. The molecule has 0 bridgehead atoms. The summed E-state index contributed by atoms with van der Waals surface area (Å²) in [6.45, 7) is 3.48. The van der Waals surface area contributed by atoms with Crippen molar-refractivity contribution in [3.05, 3.63) is 48.0 Å². The lowest BCUT2D eigenvalue weighted by atomic mass is 10.0. The molecule has 0 saturated heterocycles. The highest BCUT2D eigenvalue weighted by Gasteiger charge is 2.05. The second kappa shape index (κ2) is 5.06. The van der Waals surface area contributed by atoms with Gasteiger partial charge in [0.05, 0.1) is 0 Å². The molecule has 0 fully saturated rings. The summed E-state index contributed by atoms with van der Waals surface area (Å²) >= 11 is 0. The molecule has 96 valence electrons. The van der Waals surface area contributed by atoms with E-state index in [1.807, 2.05) is 6.92 Å². The van der Waals surface area contributed by atoms with Crippen LogP contribution in [0.4, 0.5) is 5.95 Å². The number of anilines is 1. The maximum absolute atomic E-state index is 3.97. The van der Waals surface area contributed by atoms with Gasteiger partial charge < -0.3 is 5.32 Å². The number of tetrazole rings is 1. The van der Waals surface area contributed by atoms with Crippen LogP contribution in [0.15, 0.2) is 42.5 Å². The minimum atomic E-state index is 0.704. The van der Waals surface area contributed by atoms with Crippen molar-refractivity contribution in [1.29, 1.82) is 0 Å². The van der Waals surface area contributed by atoms with Crippen LogP contribution in [0.1, 0.15) is 12.5 Å². The normalized spacial score (nSPS) is 10.8. The van der Waals surface area contributed by atoms with Crippen molar-refractivity contribution in [2.45, 2.75) is 20.0 Å². The van der Waals surface area contributed by atoms with Gasteiger partial charge in [-0.05, 0) is 33.7 Å².